The topological polar surface area (TPSA) is 8.81 Å². The van der Waals surface area contributed by atoms with Crippen molar-refractivity contribution in [1.29, 1.82) is 0 Å². The van der Waals surface area contributed by atoms with Gasteiger partial charge in [-0.2, -0.15) is 4.57 Å². The number of para-hydroxylation sites is 1. The lowest BCUT2D eigenvalue weighted by atomic mass is 9.88. The predicted molar refractivity (Wildman–Crippen MR) is 104 cm³/mol. The highest BCUT2D eigenvalue weighted by Gasteiger charge is 2.38. The highest BCUT2D eigenvalue weighted by molar-refractivity contribution is 5.43. The number of benzene rings is 1. The van der Waals surface area contributed by atoms with Crippen molar-refractivity contribution in [2.75, 3.05) is 0 Å². The van der Waals surface area contributed by atoms with Gasteiger partial charge in [0.2, 0.25) is 0 Å². The summed E-state index contributed by atoms with van der Waals surface area (Å²) in [6, 6.07) is 9.65. The van der Waals surface area contributed by atoms with Crippen LogP contribution in [-0.4, -0.2) is 4.57 Å². The Hall–Kier alpha value is -1.57. The summed E-state index contributed by atoms with van der Waals surface area (Å²) in [5.41, 5.74) is 5.72. The fourth-order valence-corrected chi connectivity index (χ4v) is 5.27. The van der Waals surface area contributed by atoms with Gasteiger partial charge in [-0.3, -0.25) is 0 Å². The summed E-state index contributed by atoms with van der Waals surface area (Å²) in [7, 11) is 0. The average molecular weight is 338 g/mol. The van der Waals surface area contributed by atoms with E-state index < -0.39 is 0 Å². The largest absolute Gasteiger partial charge is 0.265 e. The fourth-order valence-electron chi connectivity index (χ4n) is 5.27. The minimum Gasteiger partial charge on any atom is -0.228 e. The second kappa shape index (κ2) is 6.97. The van der Waals surface area contributed by atoms with E-state index in [1.165, 1.54) is 80.4 Å². The predicted octanol–water partition coefficient (Wildman–Crippen LogP) is 5.85. The molecule has 0 unspecified atom stereocenters. The van der Waals surface area contributed by atoms with E-state index in [-0.39, 0.29) is 0 Å². The van der Waals surface area contributed by atoms with Crippen molar-refractivity contribution in [3.63, 3.8) is 0 Å². The highest BCUT2D eigenvalue weighted by Crippen LogP contribution is 2.37. The molecule has 4 rings (SSSR count). The normalized spacial score (nSPS) is 19.6. The molecule has 2 aromatic rings. The molecule has 2 heteroatoms. The van der Waals surface area contributed by atoms with Crippen LogP contribution in [0.1, 0.15) is 92.5 Å². The van der Waals surface area contributed by atoms with Crippen molar-refractivity contribution in [1.82, 2.24) is 4.57 Å². The molecular weight excluding hydrogens is 304 g/mol. The zero-order chi connectivity index (χ0) is 17.4. The molecule has 0 spiro atoms. The molecule has 0 aliphatic heterocycles. The van der Waals surface area contributed by atoms with Crippen LogP contribution in [0.15, 0.2) is 24.3 Å². The van der Waals surface area contributed by atoms with Crippen LogP contribution in [0.5, 0.6) is 0 Å². The summed E-state index contributed by atoms with van der Waals surface area (Å²) < 4.78 is 5.39. The molecular formula is C23H33N2+. The monoisotopic (exact) mass is 337 g/mol. The van der Waals surface area contributed by atoms with Crippen LogP contribution in [0.25, 0.3) is 5.69 Å². The van der Waals surface area contributed by atoms with Crippen molar-refractivity contribution in [3.8, 4) is 5.69 Å². The Morgan fingerprint density at radius 3 is 2.16 bits per heavy atom. The first-order valence-electron chi connectivity index (χ1n) is 10.4. The molecule has 2 saturated carbocycles. The van der Waals surface area contributed by atoms with Crippen LogP contribution in [0, 0.1) is 20.8 Å². The Morgan fingerprint density at radius 2 is 1.48 bits per heavy atom. The second-order valence-electron chi connectivity index (χ2n) is 8.29. The standard InChI is InChI=1S/C23H33N2/c1-17-11-7-10-16-22(17)25-19(3)18(2)24(21-14-8-9-15-21)23(25)20-12-5-4-6-13-20/h7,10-11,16,20-21H,4-6,8-9,12-15H2,1-3H3/q+1. The van der Waals surface area contributed by atoms with Gasteiger partial charge in [-0.25, -0.2) is 4.57 Å². The number of hydrogen-bond donors (Lipinski definition) is 0. The van der Waals surface area contributed by atoms with E-state index in [1.807, 2.05) is 0 Å². The van der Waals surface area contributed by atoms with Gasteiger partial charge in [-0.1, -0.05) is 37.5 Å². The average Bonchev–Trinajstić information content (AvgIpc) is 3.24. The number of nitrogens with zero attached hydrogens (tertiary/aromatic N) is 2. The third-order valence-electron chi connectivity index (χ3n) is 6.71. The van der Waals surface area contributed by atoms with Gasteiger partial charge in [0, 0.05) is 13.8 Å². The van der Waals surface area contributed by atoms with Gasteiger partial charge < -0.3 is 0 Å². The Morgan fingerprint density at radius 1 is 0.840 bits per heavy atom. The van der Waals surface area contributed by atoms with Crippen molar-refractivity contribution in [2.45, 2.75) is 90.5 Å². The fraction of sp³-hybridized carbons (Fsp3) is 0.609. The molecule has 1 heterocycles. The third kappa shape index (κ3) is 2.94. The smallest absolute Gasteiger partial charge is 0.228 e. The molecule has 25 heavy (non-hydrogen) atoms. The van der Waals surface area contributed by atoms with Crippen molar-refractivity contribution < 1.29 is 4.57 Å². The van der Waals surface area contributed by atoms with E-state index in [9.17, 15) is 0 Å². The van der Waals surface area contributed by atoms with Gasteiger partial charge in [0.25, 0.3) is 5.82 Å². The zero-order valence-electron chi connectivity index (χ0n) is 16.2. The highest BCUT2D eigenvalue weighted by atomic mass is 15.2. The van der Waals surface area contributed by atoms with Crippen molar-refractivity contribution in [3.05, 3.63) is 47.0 Å². The lowest BCUT2D eigenvalue weighted by molar-refractivity contribution is -0.734. The van der Waals surface area contributed by atoms with Crippen molar-refractivity contribution in [2.24, 2.45) is 0 Å². The second-order valence-corrected chi connectivity index (χ2v) is 8.29. The molecule has 1 aromatic heterocycles. The number of rotatable bonds is 3. The minimum atomic E-state index is 0.723. The first kappa shape index (κ1) is 16.9. The van der Waals surface area contributed by atoms with Crippen molar-refractivity contribution >= 4 is 0 Å². The van der Waals surface area contributed by atoms with Crippen LogP contribution in [0.4, 0.5) is 0 Å². The van der Waals surface area contributed by atoms with Gasteiger partial charge in [-0.15, -0.1) is 0 Å². The van der Waals surface area contributed by atoms with Gasteiger partial charge in [0.1, 0.15) is 23.1 Å². The summed E-state index contributed by atoms with van der Waals surface area (Å²) in [4.78, 5) is 0. The zero-order valence-corrected chi connectivity index (χ0v) is 16.2. The third-order valence-corrected chi connectivity index (χ3v) is 6.71. The molecule has 134 valence electrons. The molecule has 0 atom stereocenters. The number of imidazole rings is 1. The summed E-state index contributed by atoms with van der Waals surface area (Å²) in [6.07, 6.45) is 12.5. The van der Waals surface area contributed by atoms with Gasteiger partial charge in [0.15, 0.2) is 0 Å². The Balaban J connectivity index is 1.93. The molecule has 2 nitrogen and oxygen atoms in total. The van der Waals surface area contributed by atoms with E-state index >= 15 is 0 Å². The van der Waals surface area contributed by atoms with Gasteiger partial charge >= 0.3 is 0 Å². The summed E-state index contributed by atoms with van der Waals surface area (Å²) in [5.74, 6) is 2.33. The van der Waals surface area contributed by atoms with Crippen LogP contribution < -0.4 is 4.57 Å². The molecule has 0 bridgehead atoms. The van der Waals surface area contributed by atoms with Crippen LogP contribution in [0.3, 0.4) is 0 Å². The molecule has 0 saturated heterocycles. The summed E-state index contributed by atoms with van der Waals surface area (Å²) in [6.45, 7) is 6.95. The van der Waals surface area contributed by atoms with E-state index in [1.54, 1.807) is 5.82 Å². The SMILES string of the molecule is Cc1ccccc1-n1c(C)c(C)[n+](C2CCCC2)c1C1CCCCC1. The lowest BCUT2D eigenvalue weighted by Gasteiger charge is -2.22. The number of hydrogen-bond acceptors (Lipinski definition) is 0. The molecule has 0 radical (unpaired) electrons. The van der Waals surface area contributed by atoms with Crippen LogP contribution in [-0.2, 0) is 0 Å². The first-order chi connectivity index (χ1) is 12.2. The molecule has 0 amide bonds. The van der Waals surface area contributed by atoms with Crippen LogP contribution >= 0.6 is 0 Å². The minimum absolute atomic E-state index is 0.723. The molecule has 2 fully saturated rings. The molecule has 2 aliphatic carbocycles. The first-order valence-corrected chi connectivity index (χ1v) is 10.4. The van der Waals surface area contributed by atoms with E-state index in [0.717, 1.165) is 12.0 Å². The summed E-state index contributed by atoms with van der Waals surface area (Å²) >= 11 is 0. The molecule has 2 aliphatic rings. The molecule has 1 aromatic carbocycles. The van der Waals surface area contributed by atoms with Crippen LogP contribution in [0.2, 0.25) is 0 Å². The maximum absolute atomic E-state index is 2.77. The molecule has 0 N–H and O–H groups in total. The van der Waals surface area contributed by atoms with E-state index in [4.69, 9.17) is 0 Å². The number of aryl methyl sites for hydroxylation is 1. The maximum Gasteiger partial charge on any atom is 0.265 e. The summed E-state index contributed by atoms with van der Waals surface area (Å²) in [5, 5.41) is 0. The van der Waals surface area contributed by atoms with Gasteiger partial charge in [-0.05, 0) is 57.1 Å². The quantitative estimate of drug-likeness (QED) is 0.621. The van der Waals surface area contributed by atoms with E-state index in [2.05, 4.69) is 54.2 Å². The van der Waals surface area contributed by atoms with E-state index in [0.29, 0.717) is 0 Å². The maximum atomic E-state index is 2.77. The Labute approximate surface area is 152 Å². The number of aromatic nitrogens is 2. The van der Waals surface area contributed by atoms with Gasteiger partial charge in [0.05, 0.1) is 5.92 Å². The Bertz CT molecular complexity index is 744. The lowest BCUT2D eigenvalue weighted by Crippen LogP contribution is -2.45. The Kier molecular flexibility index (Phi) is 4.71.